The van der Waals surface area contributed by atoms with Crippen LogP contribution in [-0.2, 0) is 25.9 Å². The van der Waals surface area contributed by atoms with Crippen LogP contribution in [0.25, 0.3) is 0 Å². The molecule has 178 valence electrons. The van der Waals surface area contributed by atoms with Crippen LogP contribution in [0, 0.1) is 6.92 Å². The van der Waals surface area contributed by atoms with Crippen LogP contribution in [0.15, 0.2) is 89.7 Å². The maximum absolute atomic E-state index is 13.8. The first kappa shape index (κ1) is 23.1. The number of nitrogens with zero attached hydrogens (tertiary/aromatic N) is 4. The van der Waals surface area contributed by atoms with Gasteiger partial charge in [0.25, 0.3) is 5.56 Å². The van der Waals surface area contributed by atoms with Crippen LogP contribution in [0.5, 0.6) is 0 Å². The zero-order chi connectivity index (χ0) is 24.2. The summed E-state index contributed by atoms with van der Waals surface area (Å²) in [5, 5.41) is 0. The van der Waals surface area contributed by atoms with Crippen LogP contribution in [0.2, 0.25) is 0 Å². The zero-order valence-electron chi connectivity index (χ0n) is 20.5. The summed E-state index contributed by atoms with van der Waals surface area (Å²) in [7, 11) is 0. The lowest BCUT2D eigenvalue weighted by atomic mass is 10.1. The molecule has 0 fully saturated rings. The topological polar surface area (TPSA) is 41.4 Å². The number of benzene rings is 3. The van der Waals surface area contributed by atoms with Gasteiger partial charge in [0.15, 0.2) is 0 Å². The molecule has 0 N–H and O–H groups in total. The second kappa shape index (κ2) is 10.3. The lowest BCUT2D eigenvalue weighted by Crippen LogP contribution is -2.48. The summed E-state index contributed by atoms with van der Waals surface area (Å²) in [5.74, 6) is 0.726. The van der Waals surface area contributed by atoms with Gasteiger partial charge in [-0.15, -0.1) is 0 Å². The van der Waals surface area contributed by atoms with Crippen molar-refractivity contribution in [2.45, 2.75) is 39.8 Å². The van der Waals surface area contributed by atoms with E-state index in [1.54, 1.807) is 0 Å². The molecule has 0 amide bonds. The maximum Gasteiger partial charge on any atom is 0.259 e. The predicted molar refractivity (Wildman–Crippen MR) is 142 cm³/mol. The van der Waals surface area contributed by atoms with E-state index in [2.05, 4.69) is 77.4 Å². The third-order valence-corrected chi connectivity index (χ3v) is 6.81. The normalized spacial score (nSPS) is 13.6. The molecular weight excluding hydrogens is 432 g/mol. The van der Waals surface area contributed by atoms with Gasteiger partial charge in [0, 0.05) is 24.2 Å². The molecule has 0 saturated carbocycles. The number of aryl methyl sites for hydroxylation is 2. The Balaban J connectivity index is 1.51. The second-order valence-corrected chi connectivity index (χ2v) is 9.23. The van der Waals surface area contributed by atoms with E-state index in [9.17, 15) is 4.79 Å². The van der Waals surface area contributed by atoms with Gasteiger partial charge in [-0.2, -0.15) is 0 Å². The van der Waals surface area contributed by atoms with E-state index in [4.69, 9.17) is 4.98 Å². The SMILES string of the molecule is CCc1ccc(N2CN(CCc3ccccc3)Cn3c2nc(C)c(Cc2ccccc2)c3=O)cc1. The average Bonchev–Trinajstić information content (AvgIpc) is 2.91. The van der Waals surface area contributed by atoms with Gasteiger partial charge in [0.05, 0.1) is 19.0 Å². The summed E-state index contributed by atoms with van der Waals surface area (Å²) in [6.45, 7) is 6.22. The highest BCUT2D eigenvalue weighted by molar-refractivity contribution is 5.59. The van der Waals surface area contributed by atoms with Crippen molar-refractivity contribution in [3.8, 4) is 0 Å². The van der Waals surface area contributed by atoms with Gasteiger partial charge >= 0.3 is 0 Å². The van der Waals surface area contributed by atoms with Gasteiger partial charge in [0.1, 0.15) is 0 Å². The van der Waals surface area contributed by atoms with Crippen molar-refractivity contribution < 1.29 is 0 Å². The van der Waals surface area contributed by atoms with Gasteiger partial charge in [-0.25, -0.2) is 4.98 Å². The Hall–Kier alpha value is -3.70. The van der Waals surface area contributed by atoms with Crippen LogP contribution in [0.3, 0.4) is 0 Å². The molecule has 5 rings (SSSR count). The minimum Gasteiger partial charge on any atom is -0.298 e. The van der Waals surface area contributed by atoms with E-state index < -0.39 is 0 Å². The molecule has 0 unspecified atom stereocenters. The molecule has 2 heterocycles. The van der Waals surface area contributed by atoms with E-state index >= 15 is 0 Å². The standard InChI is InChI=1S/C30H32N4O/c1-3-24-14-16-27(17-15-24)33-21-32(19-18-25-10-6-4-7-11-25)22-34-29(35)28(23(2)31-30(33)34)20-26-12-8-5-9-13-26/h4-17H,3,18-22H2,1-2H3. The third kappa shape index (κ3) is 5.05. The first-order valence-electron chi connectivity index (χ1n) is 12.4. The summed E-state index contributed by atoms with van der Waals surface area (Å²) in [6.07, 6.45) is 2.53. The molecule has 1 aromatic heterocycles. The zero-order valence-corrected chi connectivity index (χ0v) is 20.5. The molecule has 0 atom stereocenters. The van der Waals surface area contributed by atoms with Gasteiger partial charge in [0.2, 0.25) is 5.95 Å². The molecule has 0 saturated heterocycles. The predicted octanol–water partition coefficient (Wildman–Crippen LogP) is 5.32. The average molecular weight is 465 g/mol. The molecule has 0 aliphatic carbocycles. The van der Waals surface area contributed by atoms with Crippen molar-refractivity contribution >= 4 is 11.6 Å². The van der Waals surface area contributed by atoms with Crippen LogP contribution in [0.4, 0.5) is 11.6 Å². The van der Waals surface area contributed by atoms with Gasteiger partial charge < -0.3 is 0 Å². The Kier molecular flexibility index (Phi) is 6.77. The summed E-state index contributed by atoms with van der Waals surface area (Å²) in [6, 6.07) is 29.3. The van der Waals surface area contributed by atoms with E-state index in [1.165, 1.54) is 11.1 Å². The van der Waals surface area contributed by atoms with E-state index in [0.717, 1.165) is 47.8 Å². The van der Waals surface area contributed by atoms with Gasteiger partial charge in [-0.1, -0.05) is 79.7 Å². The Morgan fingerprint density at radius 1 is 0.800 bits per heavy atom. The molecule has 3 aromatic carbocycles. The first-order chi connectivity index (χ1) is 17.1. The quantitative estimate of drug-likeness (QED) is 0.371. The lowest BCUT2D eigenvalue weighted by molar-refractivity contribution is 0.200. The number of anilines is 2. The highest BCUT2D eigenvalue weighted by atomic mass is 16.1. The molecule has 1 aliphatic rings. The Bertz CT molecular complexity index is 1330. The van der Waals surface area contributed by atoms with E-state index in [0.29, 0.717) is 19.8 Å². The minimum atomic E-state index is 0.0518. The molecule has 35 heavy (non-hydrogen) atoms. The monoisotopic (exact) mass is 464 g/mol. The van der Waals surface area contributed by atoms with Crippen molar-refractivity contribution in [2.75, 3.05) is 18.1 Å². The van der Waals surface area contributed by atoms with Crippen molar-refractivity contribution in [3.63, 3.8) is 0 Å². The van der Waals surface area contributed by atoms with Crippen molar-refractivity contribution in [3.05, 3.63) is 123 Å². The Labute approximate surface area is 207 Å². The number of hydrogen-bond acceptors (Lipinski definition) is 4. The number of aromatic nitrogens is 2. The minimum absolute atomic E-state index is 0.0518. The molecular formula is C30H32N4O. The summed E-state index contributed by atoms with van der Waals surface area (Å²) in [4.78, 5) is 23.3. The first-order valence-corrected chi connectivity index (χ1v) is 12.4. The molecule has 0 radical (unpaired) electrons. The molecule has 0 bridgehead atoms. The second-order valence-electron chi connectivity index (χ2n) is 9.23. The largest absolute Gasteiger partial charge is 0.298 e. The fourth-order valence-corrected chi connectivity index (χ4v) is 4.71. The maximum atomic E-state index is 13.8. The third-order valence-electron chi connectivity index (χ3n) is 6.81. The Morgan fingerprint density at radius 3 is 2.11 bits per heavy atom. The summed E-state index contributed by atoms with van der Waals surface area (Å²) < 4.78 is 1.85. The van der Waals surface area contributed by atoms with Crippen LogP contribution in [0.1, 0.15) is 34.9 Å². The Morgan fingerprint density at radius 2 is 1.46 bits per heavy atom. The van der Waals surface area contributed by atoms with E-state index in [-0.39, 0.29) is 5.56 Å². The van der Waals surface area contributed by atoms with Gasteiger partial charge in [-0.05, 0) is 48.6 Å². The van der Waals surface area contributed by atoms with Crippen LogP contribution in [-0.4, -0.2) is 27.7 Å². The molecule has 0 spiro atoms. The van der Waals surface area contributed by atoms with Crippen LogP contribution < -0.4 is 10.5 Å². The summed E-state index contributed by atoms with van der Waals surface area (Å²) >= 11 is 0. The number of hydrogen-bond donors (Lipinski definition) is 0. The molecule has 4 aromatic rings. The lowest BCUT2D eigenvalue weighted by Gasteiger charge is -2.38. The van der Waals surface area contributed by atoms with E-state index in [1.807, 2.05) is 35.8 Å². The van der Waals surface area contributed by atoms with Crippen molar-refractivity contribution in [1.82, 2.24) is 14.5 Å². The molecule has 5 nitrogen and oxygen atoms in total. The molecule has 5 heteroatoms. The fraction of sp³-hybridized carbons (Fsp3) is 0.267. The number of fused-ring (bicyclic) bond motifs is 1. The van der Waals surface area contributed by atoms with Crippen LogP contribution >= 0.6 is 0 Å². The van der Waals surface area contributed by atoms with Crippen molar-refractivity contribution in [1.29, 1.82) is 0 Å². The summed E-state index contributed by atoms with van der Waals surface area (Å²) in [5.41, 5.74) is 6.41. The highest BCUT2D eigenvalue weighted by Gasteiger charge is 2.27. The van der Waals surface area contributed by atoms with Crippen molar-refractivity contribution in [2.24, 2.45) is 0 Å². The fourth-order valence-electron chi connectivity index (χ4n) is 4.71. The number of rotatable bonds is 7. The molecule has 1 aliphatic heterocycles. The van der Waals surface area contributed by atoms with Gasteiger partial charge in [-0.3, -0.25) is 19.2 Å². The highest BCUT2D eigenvalue weighted by Crippen LogP contribution is 2.28. The smallest absolute Gasteiger partial charge is 0.259 e.